The van der Waals surface area contributed by atoms with E-state index in [9.17, 15) is 14.7 Å². The lowest BCUT2D eigenvalue weighted by Crippen LogP contribution is -2.49. The average Bonchev–Trinajstić information content (AvgIpc) is 2.47. The summed E-state index contributed by atoms with van der Waals surface area (Å²) in [4.78, 5) is 25.9. The molecule has 1 atom stereocenters. The second-order valence-corrected chi connectivity index (χ2v) is 5.58. The van der Waals surface area contributed by atoms with Crippen LogP contribution < -0.4 is 5.32 Å². The number of hydrogen-bond acceptors (Lipinski definition) is 3. The molecule has 1 aliphatic rings. The van der Waals surface area contributed by atoms with Crippen LogP contribution in [0, 0.1) is 0 Å². The van der Waals surface area contributed by atoms with E-state index < -0.39 is 12.0 Å². The van der Waals surface area contributed by atoms with Crippen molar-refractivity contribution in [2.75, 3.05) is 18.1 Å². The maximum absolute atomic E-state index is 12.2. The third-order valence-electron chi connectivity index (χ3n) is 3.37. The highest BCUT2D eigenvalue weighted by atomic mass is 32.2. The van der Waals surface area contributed by atoms with Crippen LogP contribution in [0.15, 0.2) is 29.2 Å². The number of anilines is 1. The molecule has 0 aromatic heterocycles. The van der Waals surface area contributed by atoms with Crippen molar-refractivity contribution in [1.82, 2.24) is 4.90 Å². The van der Waals surface area contributed by atoms with E-state index in [1.165, 1.54) is 4.90 Å². The van der Waals surface area contributed by atoms with Crippen LogP contribution in [0.3, 0.4) is 0 Å². The lowest BCUT2D eigenvalue weighted by Gasteiger charge is -2.32. The van der Waals surface area contributed by atoms with Gasteiger partial charge in [0, 0.05) is 17.1 Å². The summed E-state index contributed by atoms with van der Waals surface area (Å²) in [6.45, 7) is 0.491. The van der Waals surface area contributed by atoms with E-state index >= 15 is 0 Å². The quantitative estimate of drug-likeness (QED) is 0.841. The number of urea groups is 1. The number of nitrogens with zero attached hydrogens (tertiary/aromatic N) is 1. The molecule has 2 amide bonds. The zero-order valence-electron chi connectivity index (χ0n) is 11.3. The second-order valence-electron chi connectivity index (χ2n) is 4.71. The fourth-order valence-electron chi connectivity index (χ4n) is 2.33. The molecule has 2 N–H and O–H groups in total. The number of aliphatic carboxylic acids is 1. The molecular formula is C14H18N2O3S. The van der Waals surface area contributed by atoms with Gasteiger partial charge in [-0.25, -0.2) is 9.59 Å². The van der Waals surface area contributed by atoms with Crippen LogP contribution in [-0.2, 0) is 4.79 Å². The summed E-state index contributed by atoms with van der Waals surface area (Å²) in [6, 6.07) is 6.45. The molecule has 108 valence electrons. The van der Waals surface area contributed by atoms with Crippen molar-refractivity contribution < 1.29 is 14.7 Å². The molecule has 1 aromatic carbocycles. The zero-order chi connectivity index (χ0) is 14.5. The minimum atomic E-state index is -0.933. The predicted octanol–water partition coefficient (Wildman–Crippen LogP) is 2.88. The molecule has 1 heterocycles. The minimum Gasteiger partial charge on any atom is -0.480 e. The first-order chi connectivity index (χ1) is 9.61. The largest absolute Gasteiger partial charge is 0.480 e. The van der Waals surface area contributed by atoms with Crippen molar-refractivity contribution in [3.8, 4) is 0 Å². The van der Waals surface area contributed by atoms with Crippen LogP contribution in [-0.4, -0.2) is 40.8 Å². The van der Waals surface area contributed by atoms with Crippen molar-refractivity contribution >= 4 is 29.4 Å². The van der Waals surface area contributed by atoms with Gasteiger partial charge >= 0.3 is 12.0 Å². The molecule has 1 saturated heterocycles. The Morgan fingerprint density at radius 3 is 2.90 bits per heavy atom. The maximum Gasteiger partial charge on any atom is 0.326 e. The first kappa shape index (κ1) is 14.7. The van der Waals surface area contributed by atoms with Crippen LogP contribution in [0.5, 0.6) is 0 Å². The number of piperidine rings is 1. The minimum absolute atomic E-state index is 0.338. The van der Waals surface area contributed by atoms with E-state index in [1.54, 1.807) is 17.8 Å². The van der Waals surface area contributed by atoms with E-state index in [0.29, 0.717) is 18.7 Å². The average molecular weight is 294 g/mol. The number of amides is 2. The molecule has 2 rings (SSSR count). The summed E-state index contributed by atoms with van der Waals surface area (Å²) in [5.41, 5.74) is 0.691. The topological polar surface area (TPSA) is 69.6 Å². The maximum atomic E-state index is 12.2. The van der Waals surface area contributed by atoms with Gasteiger partial charge in [-0.05, 0) is 43.7 Å². The van der Waals surface area contributed by atoms with Crippen molar-refractivity contribution in [2.24, 2.45) is 0 Å². The first-order valence-corrected chi connectivity index (χ1v) is 7.79. The summed E-state index contributed by atoms with van der Waals surface area (Å²) in [5.74, 6) is -0.933. The molecule has 1 fully saturated rings. The monoisotopic (exact) mass is 294 g/mol. The van der Waals surface area contributed by atoms with E-state index in [4.69, 9.17) is 0 Å². The molecule has 6 heteroatoms. The van der Waals surface area contributed by atoms with Crippen molar-refractivity contribution in [3.63, 3.8) is 0 Å². The Balaban J connectivity index is 2.07. The highest BCUT2D eigenvalue weighted by molar-refractivity contribution is 7.98. The Hall–Kier alpha value is -1.69. The van der Waals surface area contributed by atoms with Gasteiger partial charge in [0.05, 0.1) is 0 Å². The molecule has 20 heavy (non-hydrogen) atoms. The van der Waals surface area contributed by atoms with Gasteiger partial charge in [-0.15, -0.1) is 11.8 Å². The Morgan fingerprint density at radius 1 is 1.40 bits per heavy atom. The number of carbonyl (C=O) groups excluding carboxylic acids is 1. The number of carboxylic acids is 1. The van der Waals surface area contributed by atoms with E-state index in [2.05, 4.69) is 5.32 Å². The van der Waals surface area contributed by atoms with E-state index in [-0.39, 0.29) is 6.03 Å². The van der Waals surface area contributed by atoms with Gasteiger partial charge in [0.1, 0.15) is 6.04 Å². The molecule has 0 radical (unpaired) electrons. The third-order valence-corrected chi connectivity index (χ3v) is 4.10. The standard InChI is InChI=1S/C14H18N2O3S/c1-20-11-6-4-5-10(9-11)15-14(19)16-8-3-2-7-12(16)13(17)18/h4-6,9,12H,2-3,7-8H2,1H3,(H,15,19)(H,17,18). The summed E-state index contributed by atoms with van der Waals surface area (Å²) >= 11 is 1.59. The molecule has 0 saturated carbocycles. The smallest absolute Gasteiger partial charge is 0.326 e. The Labute approximate surface area is 122 Å². The van der Waals surface area contributed by atoms with Gasteiger partial charge in [-0.1, -0.05) is 6.07 Å². The summed E-state index contributed by atoms with van der Waals surface area (Å²) in [5, 5.41) is 12.0. The number of hydrogen-bond donors (Lipinski definition) is 2. The Bertz CT molecular complexity index is 507. The van der Waals surface area contributed by atoms with Crippen LogP contribution in [0.2, 0.25) is 0 Å². The first-order valence-electron chi connectivity index (χ1n) is 6.56. The zero-order valence-corrected chi connectivity index (χ0v) is 12.2. The molecule has 0 bridgehead atoms. The summed E-state index contributed by atoms with van der Waals surface area (Å²) in [6.07, 6.45) is 4.18. The molecule has 0 aliphatic carbocycles. The van der Waals surface area contributed by atoms with Crippen LogP contribution in [0.25, 0.3) is 0 Å². The van der Waals surface area contributed by atoms with Gasteiger partial charge < -0.3 is 15.3 Å². The number of benzene rings is 1. The number of thioether (sulfide) groups is 1. The van der Waals surface area contributed by atoms with Gasteiger partial charge in [0.25, 0.3) is 0 Å². The predicted molar refractivity (Wildman–Crippen MR) is 79.2 cm³/mol. The van der Waals surface area contributed by atoms with E-state index in [0.717, 1.165) is 17.7 Å². The van der Waals surface area contributed by atoms with Crippen molar-refractivity contribution in [1.29, 1.82) is 0 Å². The van der Waals surface area contributed by atoms with Gasteiger partial charge in [0.2, 0.25) is 0 Å². The Morgan fingerprint density at radius 2 is 2.20 bits per heavy atom. The van der Waals surface area contributed by atoms with Crippen LogP contribution in [0.1, 0.15) is 19.3 Å². The normalized spacial score (nSPS) is 18.6. The number of carbonyl (C=O) groups is 2. The Kier molecular flexibility index (Phi) is 4.89. The lowest BCUT2D eigenvalue weighted by molar-refractivity contribution is -0.143. The summed E-state index contributed by atoms with van der Waals surface area (Å²) in [7, 11) is 0. The molecular weight excluding hydrogens is 276 g/mol. The van der Waals surface area contributed by atoms with Crippen LogP contribution >= 0.6 is 11.8 Å². The molecule has 1 unspecified atom stereocenters. The summed E-state index contributed by atoms with van der Waals surface area (Å²) < 4.78 is 0. The highest BCUT2D eigenvalue weighted by Crippen LogP contribution is 2.21. The molecule has 1 aliphatic heterocycles. The number of nitrogens with one attached hydrogen (secondary N) is 1. The fourth-order valence-corrected chi connectivity index (χ4v) is 2.79. The van der Waals surface area contributed by atoms with Crippen molar-refractivity contribution in [2.45, 2.75) is 30.2 Å². The van der Waals surface area contributed by atoms with Gasteiger partial charge in [-0.3, -0.25) is 0 Å². The molecule has 5 nitrogen and oxygen atoms in total. The highest BCUT2D eigenvalue weighted by Gasteiger charge is 2.31. The number of rotatable bonds is 3. The second kappa shape index (κ2) is 6.65. The molecule has 1 aromatic rings. The lowest BCUT2D eigenvalue weighted by atomic mass is 10.0. The van der Waals surface area contributed by atoms with Crippen LogP contribution in [0.4, 0.5) is 10.5 Å². The van der Waals surface area contributed by atoms with Gasteiger partial charge in [0.15, 0.2) is 0 Å². The van der Waals surface area contributed by atoms with Crippen molar-refractivity contribution in [3.05, 3.63) is 24.3 Å². The third kappa shape index (κ3) is 3.45. The SMILES string of the molecule is CSc1cccc(NC(=O)N2CCCCC2C(=O)O)c1. The van der Waals surface area contributed by atoms with E-state index in [1.807, 2.05) is 24.5 Å². The van der Waals surface area contributed by atoms with Gasteiger partial charge in [-0.2, -0.15) is 0 Å². The number of carboxylic acid groups (broad SMARTS) is 1. The molecule has 0 spiro atoms. The fraction of sp³-hybridized carbons (Fsp3) is 0.429. The number of likely N-dealkylation sites (tertiary alicyclic amines) is 1.